The molecule has 1 unspecified atom stereocenters. The van der Waals surface area contributed by atoms with Crippen molar-refractivity contribution in [3.05, 3.63) is 47.4 Å². The van der Waals surface area contributed by atoms with Gasteiger partial charge < -0.3 is 10.2 Å². The Balaban J connectivity index is 1.18. The molecule has 2 aromatic heterocycles. The lowest BCUT2D eigenvalue weighted by Gasteiger charge is -2.29. The molecule has 3 aliphatic rings. The van der Waals surface area contributed by atoms with Crippen LogP contribution in [0, 0.1) is 0 Å². The van der Waals surface area contributed by atoms with Gasteiger partial charge in [-0.05, 0) is 49.4 Å². The summed E-state index contributed by atoms with van der Waals surface area (Å²) in [5.74, 6) is -1.47. The van der Waals surface area contributed by atoms with Crippen LogP contribution >= 0.6 is 0 Å². The molecule has 1 atom stereocenters. The maximum absolute atomic E-state index is 12.8. The fraction of sp³-hybridized carbons (Fsp3) is 0.348. The van der Waals surface area contributed by atoms with Crippen LogP contribution in [0.3, 0.4) is 0 Å². The lowest BCUT2D eigenvalue weighted by Crippen LogP contribution is -2.52. The van der Waals surface area contributed by atoms with Gasteiger partial charge in [0.25, 0.3) is 11.8 Å². The molecule has 34 heavy (non-hydrogen) atoms. The lowest BCUT2D eigenvalue weighted by atomic mass is 9.93. The van der Waals surface area contributed by atoms with Crippen LogP contribution in [0.4, 0.5) is 5.69 Å². The highest BCUT2D eigenvalue weighted by Crippen LogP contribution is 2.33. The van der Waals surface area contributed by atoms with Gasteiger partial charge in [0.2, 0.25) is 11.8 Å². The summed E-state index contributed by atoms with van der Waals surface area (Å²) in [6.45, 7) is 0.232. The Morgan fingerprint density at radius 1 is 1.12 bits per heavy atom. The van der Waals surface area contributed by atoms with Gasteiger partial charge in [-0.1, -0.05) is 0 Å². The minimum atomic E-state index is -0.682. The van der Waals surface area contributed by atoms with E-state index in [1.54, 1.807) is 24.4 Å². The number of amides is 4. The topological polar surface area (TPSA) is 139 Å². The minimum absolute atomic E-state index is 0.169. The average molecular weight is 459 g/mol. The summed E-state index contributed by atoms with van der Waals surface area (Å²) < 4.78 is 1.87. The maximum Gasteiger partial charge on any atom is 0.275 e. The number of benzene rings is 1. The standard InChI is InChI=1S/C23H21N7O4/c31-19-7-6-18(22(33)28-19)29-11-12-8-13(4-5-15(12)23(29)34)26-21(32)17-9-24-20-16(27-17)10-25-30(20)14-2-1-3-14/h4-5,8-10,14,18H,1-3,6-7,11H2,(H,26,32)(H,28,31,33). The highest BCUT2D eigenvalue weighted by molar-refractivity contribution is 6.06. The molecular weight excluding hydrogens is 438 g/mol. The number of hydrogen-bond donors (Lipinski definition) is 2. The number of nitrogens with zero attached hydrogens (tertiary/aromatic N) is 5. The minimum Gasteiger partial charge on any atom is -0.322 e. The van der Waals surface area contributed by atoms with Crippen molar-refractivity contribution in [2.24, 2.45) is 0 Å². The van der Waals surface area contributed by atoms with E-state index in [0.717, 1.165) is 12.8 Å². The number of aromatic nitrogens is 4. The molecule has 1 aliphatic carbocycles. The highest BCUT2D eigenvalue weighted by atomic mass is 16.2. The van der Waals surface area contributed by atoms with Crippen molar-refractivity contribution in [2.75, 3.05) is 5.32 Å². The summed E-state index contributed by atoms with van der Waals surface area (Å²) in [7, 11) is 0. The van der Waals surface area contributed by atoms with Gasteiger partial charge in [0.1, 0.15) is 17.3 Å². The van der Waals surface area contributed by atoms with E-state index in [0.29, 0.717) is 40.4 Å². The second-order valence-electron chi connectivity index (χ2n) is 8.86. The van der Waals surface area contributed by atoms with Crippen molar-refractivity contribution in [3.8, 4) is 0 Å². The van der Waals surface area contributed by atoms with Gasteiger partial charge in [0.05, 0.1) is 18.4 Å². The Labute approximate surface area is 193 Å². The molecule has 4 amide bonds. The monoisotopic (exact) mass is 459 g/mol. The number of nitrogens with one attached hydrogen (secondary N) is 2. The zero-order valence-corrected chi connectivity index (χ0v) is 18.2. The number of anilines is 1. The van der Waals surface area contributed by atoms with Crippen molar-refractivity contribution in [3.63, 3.8) is 0 Å². The first-order valence-corrected chi connectivity index (χ1v) is 11.3. The Bertz CT molecular complexity index is 1380. The van der Waals surface area contributed by atoms with E-state index in [-0.39, 0.29) is 30.5 Å². The summed E-state index contributed by atoms with van der Waals surface area (Å²) in [5.41, 5.74) is 3.10. The quantitative estimate of drug-likeness (QED) is 0.565. The Kier molecular flexibility index (Phi) is 4.64. The molecule has 6 rings (SSSR count). The number of carbonyl (C=O) groups excluding carboxylic acids is 4. The largest absolute Gasteiger partial charge is 0.322 e. The predicted octanol–water partition coefficient (Wildman–Crippen LogP) is 1.56. The summed E-state index contributed by atoms with van der Waals surface area (Å²) in [6.07, 6.45) is 6.88. The maximum atomic E-state index is 12.8. The number of imide groups is 1. The Morgan fingerprint density at radius 3 is 2.74 bits per heavy atom. The van der Waals surface area contributed by atoms with Crippen molar-refractivity contribution in [2.45, 2.75) is 50.7 Å². The summed E-state index contributed by atoms with van der Waals surface area (Å²) in [6, 6.07) is 4.66. The van der Waals surface area contributed by atoms with E-state index in [4.69, 9.17) is 0 Å². The van der Waals surface area contributed by atoms with Gasteiger partial charge in [-0.2, -0.15) is 5.10 Å². The van der Waals surface area contributed by atoms with E-state index in [2.05, 4.69) is 25.7 Å². The van der Waals surface area contributed by atoms with E-state index in [1.807, 2.05) is 4.68 Å². The third-order valence-electron chi connectivity index (χ3n) is 6.74. The van der Waals surface area contributed by atoms with Gasteiger partial charge >= 0.3 is 0 Å². The van der Waals surface area contributed by atoms with E-state index in [1.165, 1.54) is 17.5 Å². The molecule has 2 N–H and O–H groups in total. The summed E-state index contributed by atoms with van der Waals surface area (Å²) in [5, 5.41) is 9.47. The van der Waals surface area contributed by atoms with Crippen LogP contribution in [0.25, 0.3) is 11.2 Å². The van der Waals surface area contributed by atoms with Gasteiger partial charge in [-0.25, -0.2) is 14.6 Å². The molecule has 172 valence electrons. The first-order valence-electron chi connectivity index (χ1n) is 11.3. The van der Waals surface area contributed by atoms with Gasteiger partial charge in [0, 0.05) is 24.2 Å². The smallest absolute Gasteiger partial charge is 0.275 e. The van der Waals surface area contributed by atoms with Crippen LogP contribution in [0.1, 0.15) is 64.6 Å². The summed E-state index contributed by atoms with van der Waals surface area (Å²) in [4.78, 5) is 59.6. The van der Waals surface area contributed by atoms with Gasteiger partial charge in [0.15, 0.2) is 5.65 Å². The van der Waals surface area contributed by atoms with Crippen LogP contribution in [0.2, 0.25) is 0 Å². The molecule has 11 heteroatoms. The Hall–Kier alpha value is -4.15. The molecule has 11 nitrogen and oxygen atoms in total. The number of carbonyl (C=O) groups is 4. The molecule has 2 fully saturated rings. The molecule has 1 saturated carbocycles. The molecule has 1 saturated heterocycles. The van der Waals surface area contributed by atoms with Crippen LogP contribution < -0.4 is 10.6 Å². The number of piperidine rings is 1. The van der Waals surface area contributed by atoms with Crippen LogP contribution in [0.5, 0.6) is 0 Å². The highest BCUT2D eigenvalue weighted by Gasteiger charge is 2.39. The zero-order valence-electron chi connectivity index (χ0n) is 18.2. The van der Waals surface area contributed by atoms with E-state index in [9.17, 15) is 19.2 Å². The molecule has 4 heterocycles. The van der Waals surface area contributed by atoms with Gasteiger partial charge in [-0.3, -0.25) is 24.5 Å². The molecular formula is C23H21N7O4. The van der Waals surface area contributed by atoms with Crippen LogP contribution in [-0.4, -0.2) is 54.3 Å². The SMILES string of the molecule is O=C1CCC(N2Cc3cc(NC(=O)c4cnc5c(cnn5C5CCC5)n4)ccc3C2=O)C(=O)N1. The molecule has 0 bridgehead atoms. The third-order valence-corrected chi connectivity index (χ3v) is 6.74. The zero-order chi connectivity index (χ0) is 23.4. The van der Waals surface area contributed by atoms with Crippen LogP contribution in [0.15, 0.2) is 30.6 Å². The van der Waals surface area contributed by atoms with Crippen molar-refractivity contribution < 1.29 is 19.2 Å². The van der Waals surface area contributed by atoms with E-state index >= 15 is 0 Å². The lowest BCUT2D eigenvalue weighted by molar-refractivity contribution is -0.136. The van der Waals surface area contributed by atoms with Crippen molar-refractivity contribution >= 4 is 40.5 Å². The first-order chi connectivity index (χ1) is 16.5. The first kappa shape index (κ1) is 20.5. The van der Waals surface area contributed by atoms with Crippen LogP contribution in [-0.2, 0) is 16.1 Å². The van der Waals surface area contributed by atoms with Gasteiger partial charge in [-0.15, -0.1) is 0 Å². The molecule has 0 spiro atoms. The fourth-order valence-corrected chi connectivity index (χ4v) is 4.69. The molecule has 0 radical (unpaired) electrons. The fourth-order valence-electron chi connectivity index (χ4n) is 4.69. The second kappa shape index (κ2) is 7.72. The average Bonchev–Trinajstić information content (AvgIpc) is 3.33. The number of fused-ring (bicyclic) bond motifs is 2. The van der Waals surface area contributed by atoms with Crippen molar-refractivity contribution in [1.29, 1.82) is 0 Å². The molecule has 2 aliphatic heterocycles. The molecule has 3 aromatic rings. The van der Waals surface area contributed by atoms with E-state index < -0.39 is 17.9 Å². The third kappa shape index (κ3) is 3.31. The summed E-state index contributed by atoms with van der Waals surface area (Å²) >= 11 is 0. The second-order valence-corrected chi connectivity index (χ2v) is 8.86. The molecule has 1 aromatic carbocycles. The Morgan fingerprint density at radius 2 is 1.97 bits per heavy atom. The number of rotatable bonds is 4. The normalized spacial score (nSPS) is 20.3. The van der Waals surface area contributed by atoms with Crippen molar-refractivity contribution in [1.82, 2.24) is 30.0 Å². The number of hydrogen-bond acceptors (Lipinski definition) is 7. The predicted molar refractivity (Wildman–Crippen MR) is 119 cm³/mol.